The molecule has 0 radical (unpaired) electrons. The Morgan fingerprint density at radius 3 is 2.24 bits per heavy atom. The lowest BCUT2D eigenvalue weighted by Gasteiger charge is -2.33. The van der Waals surface area contributed by atoms with Gasteiger partial charge in [-0.2, -0.15) is 0 Å². The van der Waals surface area contributed by atoms with Gasteiger partial charge in [-0.15, -0.1) is 0 Å². The number of Topliss-reactive ketones (excluding diaryl/α,β-unsaturated/α-hetero) is 1. The van der Waals surface area contributed by atoms with Crippen molar-refractivity contribution in [2.24, 2.45) is 5.92 Å². The molecule has 3 rings (SSSR count). The van der Waals surface area contributed by atoms with Crippen LogP contribution in [-0.4, -0.2) is 44.8 Å². The topological polar surface area (TPSA) is 66.5 Å². The smallest absolute Gasteiger partial charge is 0.240 e. The molecule has 1 aromatic rings. The number of benzene rings is 1. The van der Waals surface area contributed by atoms with E-state index in [1.807, 2.05) is 0 Å². The second kappa shape index (κ2) is 7.98. The molecule has 2 aliphatic rings. The molecule has 1 saturated heterocycles. The first-order valence-corrected chi connectivity index (χ1v) is 10.8. The van der Waals surface area contributed by atoms with Crippen LogP contribution in [0.15, 0.2) is 29.2 Å². The number of sulfonamides is 1. The Bertz CT molecular complexity index is 686. The molecule has 1 saturated carbocycles. The van der Waals surface area contributed by atoms with Crippen LogP contribution in [0.2, 0.25) is 0 Å². The van der Waals surface area contributed by atoms with Crippen LogP contribution < -0.4 is 4.72 Å². The van der Waals surface area contributed by atoms with Crippen molar-refractivity contribution in [2.45, 2.75) is 56.4 Å². The van der Waals surface area contributed by atoms with E-state index in [4.69, 9.17) is 0 Å². The largest absolute Gasteiger partial charge is 0.303 e. The van der Waals surface area contributed by atoms with Crippen molar-refractivity contribution in [1.82, 2.24) is 9.62 Å². The Morgan fingerprint density at radius 1 is 1.08 bits per heavy atom. The van der Waals surface area contributed by atoms with Crippen LogP contribution >= 0.6 is 0 Å². The van der Waals surface area contributed by atoms with E-state index in [0.717, 1.165) is 31.8 Å². The Labute approximate surface area is 150 Å². The summed E-state index contributed by atoms with van der Waals surface area (Å²) in [7, 11) is -3.52. The quantitative estimate of drug-likeness (QED) is 0.788. The van der Waals surface area contributed by atoms with Crippen molar-refractivity contribution in [3.8, 4) is 0 Å². The zero-order valence-corrected chi connectivity index (χ0v) is 15.7. The fourth-order valence-electron chi connectivity index (χ4n) is 3.95. The molecule has 25 heavy (non-hydrogen) atoms. The van der Waals surface area contributed by atoms with E-state index in [2.05, 4.69) is 9.62 Å². The van der Waals surface area contributed by atoms with Gasteiger partial charge in [0.15, 0.2) is 5.78 Å². The lowest BCUT2D eigenvalue weighted by molar-refractivity contribution is 0.101. The van der Waals surface area contributed by atoms with E-state index >= 15 is 0 Å². The third-order valence-corrected chi connectivity index (χ3v) is 7.01. The fraction of sp³-hybridized carbons (Fsp3) is 0.632. The number of hydrogen-bond donors (Lipinski definition) is 1. The molecule has 1 heterocycles. The lowest BCUT2D eigenvalue weighted by atomic mass is 10.0. The van der Waals surface area contributed by atoms with E-state index < -0.39 is 10.0 Å². The molecule has 2 fully saturated rings. The third kappa shape index (κ3) is 4.90. The summed E-state index contributed by atoms with van der Waals surface area (Å²) in [4.78, 5) is 14.0. The minimum absolute atomic E-state index is 0.00249. The fourth-order valence-corrected chi connectivity index (χ4v) is 5.25. The van der Waals surface area contributed by atoms with Gasteiger partial charge in [-0.25, -0.2) is 13.1 Å². The van der Waals surface area contributed by atoms with Crippen molar-refractivity contribution >= 4 is 15.8 Å². The molecule has 0 spiro atoms. The molecular formula is C19H28N2O3S. The molecule has 1 aliphatic heterocycles. The first kappa shape index (κ1) is 18.5. The standard InChI is InChI=1S/C19H28N2O3S/c1-15(22)17-6-8-19(9-7-17)25(23,24)20-18-10-12-21(13-11-18)14-16-4-2-3-5-16/h6-9,16,18,20H,2-5,10-14H2,1H3. The van der Waals surface area contributed by atoms with Gasteiger partial charge in [-0.1, -0.05) is 25.0 Å². The van der Waals surface area contributed by atoms with Gasteiger partial charge in [0.2, 0.25) is 10.0 Å². The highest BCUT2D eigenvalue weighted by atomic mass is 32.2. The Hall–Kier alpha value is -1.24. The number of rotatable bonds is 6. The number of hydrogen-bond acceptors (Lipinski definition) is 4. The average Bonchev–Trinajstić information content (AvgIpc) is 3.09. The zero-order chi connectivity index (χ0) is 17.9. The summed E-state index contributed by atoms with van der Waals surface area (Å²) < 4.78 is 27.9. The number of carbonyl (C=O) groups is 1. The maximum absolute atomic E-state index is 12.5. The second-order valence-corrected chi connectivity index (χ2v) is 9.14. The van der Waals surface area contributed by atoms with Gasteiger partial charge in [0.1, 0.15) is 0 Å². The number of piperidine rings is 1. The normalized spacial score (nSPS) is 20.8. The van der Waals surface area contributed by atoms with Crippen LogP contribution in [0.1, 0.15) is 55.8 Å². The predicted molar refractivity (Wildman–Crippen MR) is 98.2 cm³/mol. The van der Waals surface area contributed by atoms with Gasteiger partial charge in [0.25, 0.3) is 0 Å². The minimum atomic E-state index is -3.52. The van der Waals surface area contributed by atoms with Gasteiger partial charge in [0.05, 0.1) is 4.90 Å². The number of nitrogens with one attached hydrogen (secondary N) is 1. The molecular weight excluding hydrogens is 336 g/mol. The average molecular weight is 365 g/mol. The van der Waals surface area contributed by atoms with Crippen LogP contribution in [0.4, 0.5) is 0 Å². The van der Waals surface area contributed by atoms with Crippen molar-refractivity contribution in [3.05, 3.63) is 29.8 Å². The van der Waals surface area contributed by atoms with Crippen LogP contribution in [0.3, 0.4) is 0 Å². The van der Waals surface area contributed by atoms with E-state index in [9.17, 15) is 13.2 Å². The molecule has 1 N–H and O–H groups in total. The molecule has 6 heteroatoms. The lowest BCUT2D eigenvalue weighted by Crippen LogP contribution is -2.45. The van der Waals surface area contributed by atoms with Crippen LogP contribution in [0.5, 0.6) is 0 Å². The van der Waals surface area contributed by atoms with Crippen molar-refractivity contribution in [2.75, 3.05) is 19.6 Å². The molecule has 1 aliphatic carbocycles. The van der Waals surface area contributed by atoms with Gasteiger partial charge in [0, 0.05) is 18.2 Å². The molecule has 0 unspecified atom stereocenters. The molecule has 0 bridgehead atoms. The maximum Gasteiger partial charge on any atom is 0.240 e. The third-order valence-electron chi connectivity index (χ3n) is 5.47. The van der Waals surface area contributed by atoms with Crippen LogP contribution in [0.25, 0.3) is 0 Å². The summed E-state index contributed by atoms with van der Waals surface area (Å²) >= 11 is 0. The summed E-state index contributed by atoms with van der Waals surface area (Å²) in [5.41, 5.74) is 0.527. The molecule has 138 valence electrons. The van der Waals surface area contributed by atoms with E-state index in [1.54, 1.807) is 12.1 Å². The Kier molecular flexibility index (Phi) is 5.92. The van der Waals surface area contributed by atoms with Gasteiger partial charge in [-0.05, 0) is 63.7 Å². The number of carbonyl (C=O) groups excluding carboxylic acids is 1. The van der Waals surface area contributed by atoms with Gasteiger partial charge in [-0.3, -0.25) is 4.79 Å². The highest BCUT2D eigenvalue weighted by Crippen LogP contribution is 2.26. The number of likely N-dealkylation sites (tertiary alicyclic amines) is 1. The van der Waals surface area contributed by atoms with Crippen molar-refractivity contribution in [3.63, 3.8) is 0 Å². The highest BCUT2D eigenvalue weighted by molar-refractivity contribution is 7.89. The number of nitrogens with zero attached hydrogens (tertiary/aromatic N) is 1. The van der Waals surface area contributed by atoms with Crippen molar-refractivity contribution in [1.29, 1.82) is 0 Å². The summed E-state index contributed by atoms with van der Waals surface area (Å²) in [5, 5.41) is 0. The van der Waals surface area contributed by atoms with E-state index in [-0.39, 0.29) is 16.7 Å². The summed E-state index contributed by atoms with van der Waals surface area (Å²) in [6, 6.07) is 6.16. The summed E-state index contributed by atoms with van der Waals surface area (Å²) in [5.74, 6) is 0.777. The second-order valence-electron chi connectivity index (χ2n) is 7.43. The molecule has 0 aromatic heterocycles. The maximum atomic E-state index is 12.5. The first-order valence-electron chi connectivity index (χ1n) is 9.30. The van der Waals surface area contributed by atoms with Crippen molar-refractivity contribution < 1.29 is 13.2 Å². The minimum Gasteiger partial charge on any atom is -0.303 e. The summed E-state index contributed by atoms with van der Waals surface area (Å²) in [6.07, 6.45) is 7.15. The predicted octanol–water partition coefficient (Wildman–Crippen LogP) is 2.82. The van der Waals surface area contributed by atoms with Gasteiger partial charge < -0.3 is 4.90 Å². The Balaban J connectivity index is 1.52. The van der Waals surface area contributed by atoms with E-state index in [0.29, 0.717) is 5.56 Å². The monoisotopic (exact) mass is 364 g/mol. The zero-order valence-electron chi connectivity index (χ0n) is 14.9. The molecule has 0 amide bonds. The molecule has 5 nitrogen and oxygen atoms in total. The van der Waals surface area contributed by atoms with E-state index in [1.165, 1.54) is 51.3 Å². The van der Waals surface area contributed by atoms with Gasteiger partial charge >= 0.3 is 0 Å². The first-order chi connectivity index (χ1) is 11.9. The van der Waals surface area contributed by atoms with Crippen LogP contribution in [0, 0.1) is 5.92 Å². The SMILES string of the molecule is CC(=O)c1ccc(S(=O)(=O)NC2CCN(CC3CCCC3)CC2)cc1. The summed E-state index contributed by atoms with van der Waals surface area (Å²) in [6.45, 7) is 4.58. The molecule has 1 aromatic carbocycles. The number of ketones is 1. The van der Waals surface area contributed by atoms with Crippen LogP contribution in [-0.2, 0) is 10.0 Å². The molecule has 0 atom stereocenters. The highest BCUT2D eigenvalue weighted by Gasteiger charge is 2.26. The Morgan fingerprint density at radius 2 is 1.68 bits per heavy atom.